The Morgan fingerprint density at radius 3 is 2.16 bits per heavy atom. The van der Waals surface area contributed by atoms with Gasteiger partial charge in [-0.2, -0.15) is 0 Å². The molecule has 0 spiro atoms. The largest absolute Gasteiger partial charge is 0.451 e. The second-order valence-electron chi connectivity index (χ2n) is 12.1. The Hall–Kier alpha value is -3.28. The van der Waals surface area contributed by atoms with Crippen molar-refractivity contribution < 1.29 is 14.0 Å². The zero-order chi connectivity index (χ0) is 25.0. The number of benzene rings is 2. The van der Waals surface area contributed by atoms with Crippen molar-refractivity contribution in [3.05, 3.63) is 60.4 Å². The first-order valence-electron chi connectivity index (χ1n) is 13.9. The Balaban J connectivity index is 0.933. The van der Waals surface area contributed by atoms with E-state index >= 15 is 0 Å². The molecule has 1 aromatic heterocycles. The number of anilines is 2. The maximum atomic E-state index is 13.0. The monoisotopic (exact) mass is 497 g/mol. The number of amides is 2. The molecule has 2 heterocycles. The van der Waals surface area contributed by atoms with Crippen LogP contribution in [0.15, 0.2) is 59.0 Å². The van der Waals surface area contributed by atoms with Gasteiger partial charge in [-0.25, -0.2) is 0 Å². The minimum Gasteiger partial charge on any atom is -0.451 e. The van der Waals surface area contributed by atoms with E-state index in [1.807, 2.05) is 47.4 Å². The number of carbonyl (C=O) groups excluding carboxylic acids is 2. The van der Waals surface area contributed by atoms with Gasteiger partial charge in [0.25, 0.3) is 5.91 Å². The summed E-state index contributed by atoms with van der Waals surface area (Å²) in [4.78, 5) is 30.1. The van der Waals surface area contributed by atoms with Gasteiger partial charge in [0.2, 0.25) is 5.91 Å². The number of nitrogens with zero attached hydrogens (tertiary/aromatic N) is 2. The molecule has 192 valence electrons. The number of furan rings is 1. The average Bonchev–Trinajstić information content (AvgIpc) is 3.32. The van der Waals surface area contributed by atoms with E-state index in [-0.39, 0.29) is 17.2 Å². The number of nitrogens with one attached hydrogen (secondary N) is 1. The molecule has 6 heteroatoms. The summed E-state index contributed by atoms with van der Waals surface area (Å²) in [5.41, 5.74) is 3.00. The number of piperazine rings is 1. The molecule has 4 saturated carbocycles. The van der Waals surface area contributed by atoms with Crippen LogP contribution in [0.2, 0.25) is 0 Å². The molecule has 0 atom stereocenters. The lowest BCUT2D eigenvalue weighted by Crippen LogP contribution is -2.48. The van der Waals surface area contributed by atoms with E-state index in [0.29, 0.717) is 25.3 Å². The van der Waals surface area contributed by atoms with Crippen LogP contribution in [-0.2, 0) is 4.79 Å². The maximum absolute atomic E-state index is 13.0. The zero-order valence-electron chi connectivity index (χ0n) is 21.3. The topological polar surface area (TPSA) is 65.8 Å². The van der Waals surface area contributed by atoms with Gasteiger partial charge in [0.05, 0.1) is 0 Å². The van der Waals surface area contributed by atoms with E-state index < -0.39 is 0 Å². The van der Waals surface area contributed by atoms with Crippen molar-refractivity contribution in [2.24, 2.45) is 23.2 Å². The van der Waals surface area contributed by atoms with Crippen molar-refractivity contribution >= 4 is 34.2 Å². The molecule has 8 rings (SSSR count). The molecule has 0 unspecified atom stereocenters. The molecule has 0 radical (unpaired) electrons. The Morgan fingerprint density at radius 1 is 0.865 bits per heavy atom. The summed E-state index contributed by atoms with van der Waals surface area (Å²) in [5, 5.41) is 4.13. The van der Waals surface area contributed by atoms with Crippen LogP contribution in [0.5, 0.6) is 0 Å². The fraction of sp³-hybridized carbons (Fsp3) is 0.484. The van der Waals surface area contributed by atoms with Gasteiger partial charge in [-0.05, 0) is 98.1 Å². The van der Waals surface area contributed by atoms with E-state index in [1.165, 1.54) is 38.5 Å². The van der Waals surface area contributed by atoms with Crippen LogP contribution in [0.25, 0.3) is 11.0 Å². The molecule has 2 amide bonds. The predicted molar refractivity (Wildman–Crippen MR) is 145 cm³/mol. The van der Waals surface area contributed by atoms with Gasteiger partial charge in [-0.15, -0.1) is 0 Å². The fourth-order valence-electron chi connectivity index (χ4n) is 8.22. The summed E-state index contributed by atoms with van der Waals surface area (Å²) >= 11 is 0. The molecule has 37 heavy (non-hydrogen) atoms. The highest BCUT2D eigenvalue weighted by molar-refractivity contribution is 5.96. The number of fused-ring (bicyclic) bond motifs is 1. The SMILES string of the molecule is O=C(CC12CC3CC(CC(C3)C1)C2)Nc1ccc(N2CCN(C(=O)c3cc4ccccc4o3)CC2)cc1. The van der Waals surface area contributed by atoms with Crippen molar-refractivity contribution in [3.8, 4) is 0 Å². The molecule has 1 N–H and O–H groups in total. The normalized spacial score (nSPS) is 28.6. The van der Waals surface area contributed by atoms with Gasteiger partial charge in [0.15, 0.2) is 5.76 Å². The average molecular weight is 498 g/mol. The minimum atomic E-state index is -0.0482. The number of rotatable bonds is 5. The van der Waals surface area contributed by atoms with Crippen LogP contribution in [0.3, 0.4) is 0 Å². The molecule has 5 aliphatic rings. The van der Waals surface area contributed by atoms with E-state index in [9.17, 15) is 9.59 Å². The summed E-state index contributed by atoms with van der Waals surface area (Å²) in [5.74, 6) is 3.14. The summed E-state index contributed by atoms with van der Waals surface area (Å²) in [6.07, 6.45) is 8.68. The quantitative estimate of drug-likeness (QED) is 0.474. The van der Waals surface area contributed by atoms with Crippen molar-refractivity contribution in [2.45, 2.75) is 44.9 Å². The summed E-state index contributed by atoms with van der Waals surface area (Å²) < 4.78 is 5.78. The zero-order valence-corrected chi connectivity index (χ0v) is 21.3. The number of para-hydroxylation sites is 1. The summed E-state index contributed by atoms with van der Waals surface area (Å²) in [6.45, 7) is 2.84. The van der Waals surface area contributed by atoms with Gasteiger partial charge in [0, 0.05) is 49.4 Å². The maximum Gasteiger partial charge on any atom is 0.289 e. The predicted octanol–water partition coefficient (Wildman–Crippen LogP) is 5.94. The standard InChI is InChI=1S/C31H35N3O3/c35-29(20-31-17-21-13-22(18-31)15-23(14-21)19-31)32-25-5-7-26(8-6-25)33-9-11-34(12-10-33)30(36)28-16-24-3-1-2-4-27(24)37-28/h1-8,16,21-23H,9-15,17-20H2,(H,32,35). The highest BCUT2D eigenvalue weighted by atomic mass is 16.3. The highest BCUT2D eigenvalue weighted by Crippen LogP contribution is 2.61. The first-order chi connectivity index (χ1) is 18.0. The van der Waals surface area contributed by atoms with Crippen LogP contribution in [0, 0.1) is 23.2 Å². The van der Waals surface area contributed by atoms with Crippen molar-refractivity contribution in [1.29, 1.82) is 0 Å². The lowest BCUT2D eigenvalue weighted by molar-refractivity contribution is -0.124. The van der Waals surface area contributed by atoms with Gasteiger partial charge in [-0.3, -0.25) is 9.59 Å². The van der Waals surface area contributed by atoms with Crippen molar-refractivity contribution in [2.75, 3.05) is 36.4 Å². The number of hydrogen-bond acceptors (Lipinski definition) is 4. The van der Waals surface area contributed by atoms with Crippen molar-refractivity contribution in [1.82, 2.24) is 4.90 Å². The second kappa shape index (κ2) is 8.93. The molecule has 5 fully saturated rings. The molecule has 2 aromatic carbocycles. The Labute approximate surface area is 218 Å². The van der Waals surface area contributed by atoms with E-state index in [0.717, 1.165) is 53.2 Å². The lowest BCUT2D eigenvalue weighted by Gasteiger charge is -2.56. The van der Waals surface area contributed by atoms with Crippen molar-refractivity contribution in [3.63, 3.8) is 0 Å². The summed E-state index contributed by atoms with van der Waals surface area (Å²) in [6, 6.07) is 17.7. The van der Waals surface area contributed by atoms with Crippen LogP contribution < -0.4 is 10.2 Å². The Bertz CT molecular complexity index is 1250. The lowest BCUT2D eigenvalue weighted by atomic mass is 9.49. The molecule has 3 aromatic rings. The van der Waals surface area contributed by atoms with Gasteiger partial charge >= 0.3 is 0 Å². The third kappa shape index (κ3) is 4.41. The smallest absolute Gasteiger partial charge is 0.289 e. The number of carbonyl (C=O) groups is 2. The third-order valence-corrected chi connectivity index (χ3v) is 9.42. The Morgan fingerprint density at radius 2 is 1.51 bits per heavy atom. The van der Waals surface area contributed by atoms with Crippen LogP contribution >= 0.6 is 0 Å². The minimum absolute atomic E-state index is 0.0482. The van der Waals surface area contributed by atoms with E-state index in [1.54, 1.807) is 0 Å². The van der Waals surface area contributed by atoms with Gasteiger partial charge < -0.3 is 19.5 Å². The highest BCUT2D eigenvalue weighted by Gasteiger charge is 2.51. The third-order valence-electron chi connectivity index (χ3n) is 9.42. The van der Waals surface area contributed by atoms with Gasteiger partial charge in [0.1, 0.15) is 5.58 Å². The molecular weight excluding hydrogens is 462 g/mol. The molecule has 1 saturated heterocycles. The van der Waals surface area contributed by atoms with Crippen LogP contribution in [0.1, 0.15) is 55.5 Å². The van der Waals surface area contributed by atoms with E-state index in [4.69, 9.17) is 4.42 Å². The van der Waals surface area contributed by atoms with Crippen LogP contribution in [0.4, 0.5) is 11.4 Å². The van der Waals surface area contributed by atoms with Crippen LogP contribution in [-0.4, -0.2) is 42.9 Å². The molecule has 4 aliphatic carbocycles. The van der Waals surface area contributed by atoms with Gasteiger partial charge in [-0.1, -0.05) is 18.2 Å². The molecular formula is C31H35N3O3. The second-order valence-corrected chi connectivity index (χ2v) is 12.1. The fourth-order valence-corrected chi connectivity index (χ4v) is 8.22. The molecule has 4 bridgehead atoms. The molecule has 1 aliphatic heterocycles. The first kappa shape index (κ1) is 22.9. The number of hydrogen-bond donors (Lipinski definition) is 1. The summed E-state index contributed by atoms with van der Waals surface area (Å²) in [7, 11) is 0. The van der Waals surface area contributed by atoms with E-state index in [2.05, 4.69) is 22.3 Å². The molecule has 6 nitrogen and oxygen atoms in total. The first-order valence-corrected chi connectivity index (χ1v) is 13.9. The Kier molecular flexibility index (Phi) is 5.52.